The van der Waals surface area contributed by atoms with Gasteiger partial charge in [0.1, 0.15) is 10.0 Å². The molecular weight excluding hydrogens is 390 g/mol. The lowest BCUT2D eigenvalue weighted by atomic mass is 10.1. The number of nitrogens with zero attached hydrogens (tertiary/aromatic N) is 3. The zero-order valence-corrected chi connectivity index (χ0v) is 15.6. The molecule has 0 fully saturated rings. The Balaban J connectivity index is 1.87. The summed E-state index contributed by atoms with van der Waals surface area (Å²) in [6, 6.07) is 10.9. The standard InChI is InChI=1S/C16H13N5O4S2/c1-18-27(24,25)16-5-3-12(26-16)9-19-15-6-10(8-17)13-7-11(21(22)23)2-4-14(13)20-15/h2-7,18H,9H2,1H3,(H,19,20). The normalized spacial score (nSPS) is 11.3. The maximum Gasteiger partial charge on any atom is 0.270 e. The van der Waals surface area contributed by atoms with Gasteiger partial charge in [-0.2, -0.15) is 5.26 Å². The number of thiophene rings is 1. The van der Waals surface area contributed by atoms with Crippen LogP contribution < -0.4 is 10.0 Å². The van der Waals surface area contributed by atoms with E-state index in [1.165, 1.54) is 37.4 Å². The second-order valence-electron chi connectivity index (χ2n) is 5.41. The molecule has 9 nitrogen and oxygen atoms in total. The zero-order chi connectivity index (χ0) is 19.6. The smallest absolute Gasteiger partial charge is 0.270 e. The van der Waals surface area contributed by atoms with Gasteiger partial charge in [-0.1, -0.05) is 0 Å². The van der Waals surface area contributed by atoms with Crippen LogP contribution in [0.4, 0.5) is 11.5 Å². The van der Waals surface area contributed by atoms with Crippen LogP contribution in [0.5, 0.6) is 0 Å². The summed E-state index contributed by atoms with van der Waals surface area (Å²) in [5, 5.41) is 23.7. The van der Waals surface area contributed by atoms with Gasteiger partial charge in [0.25, 0.3) is 5.69 Å². The Hall–Kier alpha value is -3.07. The quantitative estimate of drug-likeness (QED) is 0.476. The summed E-state index contributed by atoms with van der Waals surface area (Å²) in [4.78, 5) is 15.5. The lowest BCUT2D eigenvalue weighted by molar-refractivity contribution is -0.384. The van der Waals surface area contributed by atoms with Gasteiger partial charge in [0.2, 0.25) is 10.0 Å². The molecule has 0 spiro atoms. The topological polar surface area (TPSA) is 138 Å². The molecule has 11 heteroatoms. The van der Waals surface area contributed by atoms with Crippen molar-refractivity contribution in [3.63, 3.8) is 0 Å². The predicted molar refractivity (Wildman–Crippen MR) is 101 cm³/mol. The maximum absolute atomic E-state index is 11.8. The summed E-state index contributed by atoms with van der Waals surface area (Å²) in [6.07, 6.45) is 0. The molecule has 0 atom stereocenters. The molecule has 2 N–H and O–H groups in total. The third-order valence-corrected chi connectivity index (χ3v) is 6.73. The highest BCUT2D eigenvalue weighted by molar-refractivity contribution is 7.91. The van der Waals surface area contributed by atoms with Crippen LogP contribution in [0.15, 0.2) is 40.6 Å². The van der Waals surface area contributed by atoms with Gasteiger partial charge >= 0.3 is 0 Å². The highest BCUT2D eigenvalue weighted by Gasteiger charge is 2.15. The van der Waals surface area contributed by atoms with E-state index in [0.717, 1.165) is 16.2 Å². The van der Waals surface area contributed by atoms with E-state index in [2.05, 4.69) is 15.0 Å². The molecule has 0 saturated carbocycles. The first-order valence-corrected chi connectivity index (χ1v) is 9.89. The monoisotopic (exact) mass is 403 g/mol. The first-order chi connectivity index (χ1) is 12.8. The lowest BCUT2D eigenvalue weighted by Crippen LogP contribution is -2.17. The molecule has 0 aliphatic carbocycles. The number of nitrogens with one attached hydrogen (secondary N) is 2. The molecule has 0 aliphatic heterocycles. The Bertz CT molecular complexity index is 1180. The van der Waals surface area contributed by atoms with E-state index in [4.69, 9.17) is 0 Å². The van der Waals surface area contributed by atoms with Crippen molar-refractivity contribution in [2.24, 2.45) is 0 Å². The third-order valence-electron chi connectivity index (χ3n) is 3.74. The molecule has 3 rings (SSSR count). The van der Waals surface area contributed by atoms with E-state index in [-0.39, 0.29) is 15.5 Å². The van der Waals surface area contributed by atoms with Gasteiger partial charge < -0.3 is 5.32 Å². The summed E-state index contributed by atoms with van der Waals surface area (Å²) < 4.78 is 26.0. The first kappa shape index (κ1) is 18.7. The van der Waals surface area contributed by atoms with Crippen LogP contribution in [0.25, 0.3) is 10.9 Å². The predicted octanol–water partition coefficient (Wildman–Crippen LogP) is 2.60. The number of anilines is 1. The van der Waals surface area contributed by atoms with E-state index >= 15 is 0 Å². The van der Waals surface area contributed by atoms with Gasteiger partial charge in [0.15, 0.2) is 0 Å². The van der Waals surface area contributed by atoms with Gasteiger partial charge in [0, 0.05) is 22.4 Å². The highest BCUT2D eigenvalue weighted by atomic mass is 32.2. The number of nitriles is 1. The number of rotatable bonds is 6. The molecule has 2 aromatic heterocycles. The van der Waals surface area contributed by atoms with Crippen molar-refractivity contribution < 1.29 is 13.3 Å². The molecule has 0 amide bonds. The van der Waals surface area contributed by atoms with Crippen LogP contribution in [0, 0.1) is 21.4 Å². The minimum atomic E-state index is -3.48. The highest BCUT2D eigenvalue weighted by Crippen LogP contribution is 2.26. The molecular formula is C16H13N5O4S2. The van der Waals surface area contributed by atoms with Crippen molar-refractivity contribution in [1.29, 1.82) is 5.26 Å². The summed E-state index contributed by atoms with van der Waals surface area (Å²) in [7, 11) is -2.14. The number of hydrogen-bond acceptors (Lipinski definition) is 8. The number of pyridine rings is 1. The first-order valence-electron chi connectivity index (χ1n) is 7.59. The number of non-ortho nitro benzene ring substituents is 1. The van der Waals surface area contributed by atoms with Crippen molar-refractivity contribution >= 4 is 43.8 Å². The summed E-state index contributed by atoms with van der Waals surface area (Å²) in [6.45, 7) is 0.320. The van der Waals surface area contributed by atoms with Crippen molar-refractivity contribution in [2.45, 2.75) is 10.8 Å². The molecule has 1 aromatic carbocycles. The van der Waals surface area contributed by atoms with Crippen LogP contribution in [-0.4, -0.2) is 25.4 Å². The van der Waals surface area contributed by atoms with E-state index in [0.29, 0.717) is 23.3 Å². The zero-order valence-electron chi connectivity index (χ0n) is 14.0. The summed E-state index contributed by atoms with van der Waals surface area (Å²) >= 11 is 1.12. The van der Waals surface area contributed by atoms with E-state index in [1.54, 1.807) is 6.07 Å². The minimum absolute atomic E-state index is 0.113. The van der Waals surface area contributed by atoms with Gasteiger partial charge in [-0.05, 0) is 31.3 Å². The minimum Gasteiger partial charge on any atom is -0.365 e. The number of benzene rings is 1. The van der Waals surface area contributed by atoms with Crippen LogP contribution in [0.2, 0.25) is 0 Å². The fourth-order valence-electron chi connectivity index (χ4n) is 2.39. The third kappa shape index (κ3) is 3.87. The average molecular weight is 403 g/mol. The molecule has 27 heavy (non-hydrogen) atoms. The molecule has 138 valence electrons. The van der Waals surface area contributed by atoms with Crippen LogP contribution in [0.1, 0.15) is 10.4 Å². The molecule has 3 aromatic rings. The van der Waals surface area contributed by atoms with Crippen LogP contribution in [0.3, 0.4) is 0 Å². The SMILES string of the molecule is CNS(=O)(=O)c1ccc(CNc2cc(C#N)c3cc([N+](=O)[O-])ccc3n2)s1. The molecule has 0 bridgehead atoms. The molecule has 0 aliphatic rings. The summed E-state index contributed by atoms with van der Waals surface area (Å²) in [5.41, 5.74) is 0.598. The van der Waals surface area contributed by atoms with E-state index in [1.807, 2.05) is 6.07 Å². The number of sulfonamides is 1. The lowest BCUT2D eigenvalue weighted by Gasteiger charge is -2.07. The van der Waals surface area contributed by atoms with E-state index < -0.39 is 14.9 Å². The maximum atomic E-state index is 11.8. The van der Waals surface area contributed by atoms with Crippen LogP contribution >= 0.6 is 11.3 Å². The van der Waals surface area contributed by atoms with Gasteiger partial charge in [-0.3, -0.25) is 10.1 Å². The summed E-state index contributed by atoms with van der Waals surface area (Å²) in [5.74, 6) is 0.416. The Kier molecular flexibility index (Phi) is 5.04. The number of nitro groups is 1. The number of nitro benzene ring substituents is 1. The van der Waals surface area contributed by atoms with Gasteiger partial charge in [0.05, 0.1) is 28.6 Å². The Labute approximate surface area is 158 Å². The number of aromatic nitrogens is 1. The Morgan fingerprint density at radius 2 is 2.07 bits per heavy atom. The fraction of sp³-hybridized carbons (Fsp3) is 0.125. The van der Waals surface area contributed by atoms with Crippen molar-refractivity contribution in [1.82, 2.24) is 9.71 Å². The fourth-order valence-corrected chi connectivity index (χ4v) is 4.52. The van der Waals surface area contributed by atoms with Crippen LogP contribution in [-0.2, 0) is 16.6 Å². The molecule has 0 unspecified atom stereocenters. The molecule has 2 heterocycles. The second kappa shape index (κ2) is 7.28. The number of fused-ring (bicyclic) bond motifs is 1. The largest absolute Gasteiger partial charge is 0.365 e. The molecule has 0 saturated heterocycles. The van der Waals surface area contributed by atoms with Gasteiger partial charge in [-0.15, -0.1) is 11.3 Å². The Morgan fingerprint density at radius 3 is 2.74 bits per heavy atom. The van der Waals surface area contributed by atoms with Gasteiger partial charge in [-0.25, -0.2) is 18.1 Å². The molecule has 0 radical (unpaired) electrons. The van der Waals surface area contributed by atoms with Crippen molar-refractivity contribution in [3.8, 4) is 6.07 Å². The second-order valence-corrected chi connectivity index (χ2v) is 8.69. The Morgan fingerprint density at radius 1 is 1.30 bits per heavy atom. The van der Waals surface area contributed by atoms with E-state index in [9.17, 15) is 23.8 Å². The van der Waals surface area contributed by atoms with Crippen molar-refractivity contribution in [3.05, 3.63) is 57.0 Å². The number of hydrogen-bond donors (Lipinski definition) is 2. The average Bonchev–Trinajstić information content (AvgIpc) is 3.15. The van der Waals surface area contributed by atoms with Crippen molar-refractivity contribution in [2.75, 3.05) is 12.4 Å².